The summed E-state index contributed by atoms with van der Waals surface area (Å²) in [6.45, 7) is 0.412. The van der Waals surface area contributed by atoms with E-state index in [0.717, 1.165) is 5.39 Å². The van der Waals surface area contributed by atoms with E-state index >= 15 is 0 Å². The molecule has 0 saturated heterocycles. The number of carboxylic acids is 1. The van der Waals surface area contributed by atoms with Crippen LogP contribution in [0.4, 0.5) is 0 Å². The van der Waals surface area contributed by atoms with Crippen LogP contribution >= 0.6 is 0 Å². The van der Waals surface area contributed by atoms with Gasteiger partial charge in [0.15, 0.2) is 0 Å². The van der Waals surface area contributed by atoms with Gasteiger partial charge in [-0.05, 0) is 12.5 Å². The number of amides is 1. The molecule has 19 heavy (non-hydrogen) atoms. The number of carbonyl (C=O) groups excluding carboxylic acids is 1. The second kappa shape index (κ2) is 5.51. The third-order valence-electron chi connectivity index (χ3n) is 2.94. The summed E-state index contributed by atoms with van der Waals surface area (Å²) < 4.78 is 0. The fraction of sp³-hybridized carbons (Fsp3) is 0.308. The van der Waals surface area contributed by atoms with Crippen molar-refractivity contribution in [2.24, 2.45) is 0 Å². The van der Waals surface area contributed by atoms with Gasteiger partial charge in [0.05, 0.1) is 17.3 Å². The van der Waals surface area contributed by atoms with Crippen LogP contribution in [0, 0.1) is 0 Å². The van der Waals surface area contributed by atoms with Crippen molar-refractivity contribution in [3.63, 3.8) is 0 Å². The van der Waals surface area contributed by atoms with Gasteiger partial charge in [0, 0.05) is 25.4 Å². The highest BCUT2D eigenvalue weighted by atomic mass is 16.4. The SMILES string of the molecule is CN(CCCC(=O)O)C(=O)c1cccc2cn[nH]c12. The Morgan fingerprint density at radius 2 is 2.21 bits per heavy atom. The first-order valence-electron chi connectivity index (χ1n) is 5.99. The molecule has 0 fully saturated rings. The van der Waals surface area contributed by atoms with Gasteiger partial charge in [0.1, 0.15) is 0 Å². The van der Waals surface area contributed by atoms with Crippen LogP contribution < -0.4 is 0 Å². The van der Waals surface area contributed by atoms with Crippen molar-refractivity contribution in [1.82, 2.24) is 15.1 Å². The molecule has 0 unspecified atom stereocenters. The van der Waals surface area contributed by atoms with Crippen LogP contribution in [-0.4, -0.2) is 45.7 Å². The number of aromatic nitrogens is 2. The van der Waals surface area contributed by atoms with E-state index in [1.165, 1.54) is 4.90 Å². The van der Waals surface area contributed by atoms with Crippen molar-refractivity contribution >= 4 is 22.8 Å². The predicted octanol–water partition coefficient (Wildman–Crippen LogP) is 1.50. The molecular weight excluding hydrogens is 246 g/mol. The molecule has 0 bridgehead atoms. The Kier molecular flexibility index (Phi) is 3.79. The van der Waals surface area contributed by atoms with Crippen molar-refractivity contribution < 1.29 is 14.7 Å². The third kappa shape index (κ3) is 2.90. The van der Waals surface area contributed by atoms with E-state index in [2.05, 4.69) is 10.2 Å². The normalized spacial score (nSPS) is 10.6. The first kappa shape index (κ1) is 13.1. The van der Waals surface area contributed by atoms with Gasteiger partial charge >= 0.3 is 5.97 Å². The van der Waals surface area contributed by atoms with Gasteiger partial charge in [-0.3, -0.25) is 14.7 Å². The fourth-order valence-electron chi connectivity index (χ4n) is 1.92. The van der Waals surface area contributed by atoms with Gasteiger partial charge in [0.2, 0.25) is 0 Å². The first-order valence-corrected chi connectivity index (χ1v) is 5.99. The summed E-state index contributed by atoms with van der Waals surface area (Å²) in [7, 11) is 1.67. The molecule has 6 heteroatoms. The zero-order chi connectivity index (χ0) is 13.8. The van der Waals surface area contributed by atoms with Crippen molar-refractivity contribution in [1.29, 1.82) is 0 Å². The maximum absolute atomic E-state index is 12.3. The molecule has 0 aliphatic carbocycles. The van der Waals surface area contributed by atoms with E-state index in [-0.39, 0.29) is 12.3 Å². The van der Waals surface area contributed by atoms with E-state index < -0.39 is 5.97 Å². The number of H-pyrrole nitrogens is 1. The number of hydrogen-bond donors (Lipinski definition) is 2. The number of rotatable bonds is 5. The lowest BCUT2D eigenvalue weighted by Gasteiger charge is -2.16. The van der Waals surface area contributed by atoms with E-state index in [4.69, 9.17) is 5.11 Å². The van der Waals surface area contributed by atoms with Crippen LogP contribution in [0.3, 0.4) is 0 Å². The number of carbonyl (C=O) groups is 2. The summed E-state index contributed by atoms with van der Waals surface area (Å²) in [6.07, 6.45) is 2.17. The summed E-state index contributed by atoms with van der Waals surface area (Å²) in [5.74, 6) is -0.989. The summed E-state index contributed by atoms with van der Waals surface area (Å²) in [5, 5.41) is 16.2. The minimum absolute atomic E-state index is 0.0614. The van der Waals surface area contributed by atoms with Crippen LogP contribution in [0.25, 0.3) is 10.9 Å². The molecular formula is C13H15N3O3. The molecule has 1 amide bonds. The van der Waals surface area contributed by atoms with E-state index in [0.29, 0.717) is 24.0 Å². The largest absolute Gasteiger partial charge is 0.481 e. The Labute approximate surface area is 110 Å². The van der Waals surface area contributed by atoms with Crippen LogP contribution in [0.15, 0.2) is 24.4 Å². The lowest BCUT2D eigenvalue weighted by molar-refractivity contribution is -0.137. The summed E-state index contributed by atoms with van der Waals surface area (Å²) in [6, 6.07) is 5.41. The topological polar surface area (TPSA) is 86.3 Å². The number of aliphatic carboxylic acids is 1. The number of benzene rings is 1. The number of carboxylic acid groups (broad SMARTS) is 1. The highest BCUT2D eigenvalue weighted by Crippen LogP contribution is 2.17. The maximum Gasteiger partial charge on any atom is 0.303 e. The van der Waals surface area contributed by atoms with E-state index in [1.807, 2.05) is 6.07 Å². The number of nitrogens with zero attached hydrogens (tertiary/aromatic N) is 2. The Morgan fingerprint density at radius 1 is 1.42 bits per heavy atom. The molecule has 2 aromatic rings. The summed E-state index contributed by atoms with van der Waals surface area (Å²) in [5.41, 5.74) is 1.26. The minimum atomic E-state index is -0.850. The summed E-state index contributed by atoms with van der Waals surface area (Å²) in [4.78, 5) is 24.2. The van der Waals surface area contributed by atoms with Crippen LogP contribution in [-0.2, 0) is 4.79 Å². The molecule has 0 saturated carbocycles. The van der Waals surface area contributed by atoms with Crippen LogP contribution in [0.5, 0.6) is 0 Å². The lowest BCUT2D eigenvalue weighted by atomic mass is 10.1. The fourth-order valence-corrected chi connectivity index (χ4v) is 1.92. The quantitative estimate of drug-likeness (QED) is 0.854. The second-order valence-corrected chi connectivity index (χ2v) is 4.36. The van der Waals surface area contributed by atoms with E-state index in [9.17, 15) is 9.59 Å². The average molecular weight is 261 g/mol. The molecule has 100 valence electrons. The number of hydrogen-bond acceptors (Lipinski definition) is 3. The Morgan fingerprint density at radius 3 is 2.95 bits per heavy atom. The Balaban J connectivity index is 2.10. The zero-order valence-corrected chi connectivity index (χ0v) is 10.6. The number of aromatic amines is 1. The molecule has 1 aromatic heterocycles. The molecule has 0 spiro atoms. The van der Waals surface area contributed by atoms with Crippen LogP contribution in [0.1, 0.15) is 23.2 Å². The number of para-hydroxylation sites is 1. The molecule has 0 radical (unpaired) electrons. The molecule has 2 rings (SSSR count). The van der Waals surface area contributed by atoms with Gasteiger partial charge in [-0.25, -0.2) is 0 Å². The second-order valence-electron chi connectivity index (χ2n) is 4.36. The van der Waals surface area contributed by atoms with Gasteiger partial charge in [-0.2, -0.15) is 5.10 Å². The molecule has 6 nitrogen and oxygen atoms in total. The Hall–Kier alpha value is -2.37. The highest BCUT2D eigenvalue weighted by Gasteiger charge is 2.15. The number of nitrogens with one attached hydrogen (secondary N) is 1. The predicted molar refractivity (Wildman–Crippen MR) is 69.9 cm³/mol. The highest BCUT2D eigenvalue weighted by molar-refractivity contribution is 6.05. The van der Waals surface area contributed by atoms with Crippen molar-refractivity contribution in [2.75, 3.05) is 13.6 Å². The minimum Gasteiger partial charge on any atom is -0.481 e. The molecule has 0 aliphatic heterocycles. The van der Waals surface area contributed by atoms with Crippen molar-refractivity contribution in [2.45, 2.75) is 12.8 Å². The van der Waals surface area contributed by atoms with Crippen molar-refractivity contribution in [3.8, 4) is 0 Å². The molecule has 0 aliphatic rings. The monoisotopic (exact) mass is 261 g/mol. The molecule has 1 aromatic carbocycles. The van der Waals surface area contributed by atoms with Gasteiger partial charge < -0.3 is 10.0 Å². The van der Waals surface area contributed by atoms with Crippen molar-refractivity contribution in [3.05, 3.63) is 30.0 Å². The van der Waals surface area contributed by atoms with Crippen LogP contribution in [0.2, 0.25) is 0 Å². The lowest BCUT2D eigenvalue weighted by Crippen LogP contribution is -2.28. The smallest absolute Gasteiger partial charge is 0.303 e. The Bertz CT molecular complexity index is 606. The van der Waals surface area contributed by atoms with Gasteiger partial charge in [0.25, 0.3) is 5.91 Å². The molecule has 0 atom stereocenters. The third-order valence-corrected chi connectivity index (χ3v) is 2.94. The van der Waals surface area contributed by atoms with Gasteiger partial charge in [-0.1, -0.05) is 12.1 Å². The standard InChI is InChI=1S/C13H15N3O3/c1-16(7-3-6-11(17)18)13(19)10-5-2-4-9-8-14-15-12(9)10/h2,4-5,8H,3,6-7H2,1H3,(H,14,15)(H,17,18). The van der Waals surface area contributed by atoms with E-state index in [1.54, 1.807) is 25.4 Å². The van der Waals surface area contributed by atoms with Gasteiger partial charge in [-0.15, -0.1) is 0 Å². The molecule has 1 heterocycles. The molecule has 2 N–H and O–H groups in total. The maximum atomic E-state index is 12.3. The summed E-state index contributed by atoms with van der Waals surface area (Å²) >= 11 is 0. The zero-order valence-electron chi connectivity index (χ0n) is 10.6. The first-order chi connectivity index (χ1) is 9.09. The average Bonchev–Trinajstić information content (AvgIpc) is 2.85. The number of fused-ring (bicyclic) bond motifs is 1.